The Hall–Kier alpha value is -2.47. The molecule has 0 aromatic heterocycles. The summed E-state index contributed by atoms with van der Waals surface area (Å²) in [6, 6.07) is 20.2. The molecule has 0 saturated carbocycles. The fourth-order valence-electron chi connectivity index (χ4n) is 4.02. The maximum atomic E-state index is 12.4. The first-order valence-corrected chi connectivity index (χ1v) is 12.5. The monoisotopic (exact) mass is 466 g/mol. The molecule has 2 aromatic carbocycles. The van der Waals surface area contributed by atoms with Crippen molar-refractivity contribution in [1.29, 1.82) is 0 Å². The zero-order chi connectivity index (χ0) is 23.8. The molecule has 2 aromatic rings. The molecule has 0 unspecified atom stereocenters. The van der Waals surface area contributed by atoms with Crippen molar-refractivity contribution in [3.05, 3.63) is 77.9 Å². The van der Waals surface area contributed by atoms with Crippen molar-refractivity contribution in [2.75, 3.05) is 13.4 Å². The minimum Gasteiger partial charge on any atom is -0.466 e. The molecule has 0 N–H and O–H groups in total. The minimum atomic E-state index is -0.235. The van der Waals surface area contributed by atoms with Crippen LogP contribution in [0.15, 0.2) is 66.7 Å². The van der Waals surface area contributed by atoms with E-state index in [2.05, 4.69) is 31.2 Å². The third kappa shape index (κ3) is 10.2. The van der Waals surface area contributed by atoms with Crippen molar-refractivity contribution in [2.45, 2.75) is 76.8 Å². The lowest BCUT2D eigenvalue weighted by atomic mass is 9.98. The van der Waals surface area contributed by atoms with E-state index in [0.717, 1.165) is 36.8 Å². The van der Waals surface area contributed by atoms with Gasteiger partial charge in [-0.2, -0.15) is 0 Å². The van der Waals surface area contributed by atoms with Crippen LogP contribution in [0.4, 0.5) is 0 Å². The van der Waals surface area contributed by atoms with Gasteiger partial charge in [-0.1, -0.05) is 99.0 Å². The molecule has 5 nitrogen and oxygen atoms in total. The van der Waals surface area contributed by atoms with E-state index in [4.69, 9.17) is 18.9 Å². The Morgan fingerprint density at radius 3 is 2.53 bits per heavy atom. The third-order valence-corrected chi connectivity index (χ3v) is 5.85. The van der Waals surface area contributed by atoms with Crippen LogP contribution < -0.4 is 0 Å². The van der Waals surface area contributed by atoms with Crippen molar-refractivity contribution in [1.82, 2.24) is 0 Å². The molecule has 1 saturated heterocycles. The van der Waals surface area contributed by atoms with E-state index in [1.807, 2.05) is 48.5 Å². The van der Waals surface area contributed by atoms with Crippen LogP contribution in [-0.2, 0) is 30.3 Å². The standard InChI is InChI=1S/C29H38O5/c1-2-3-4-11-18-32-29(30)21-28-20-27(33-23-31-22-25-14-9-6-10-15-25)19-26(34-28)17-16-24-12-7-5-8-13-24/h5-10,12-17,26-28H,2-4,11,18-23H2,1H3/b17-16+/t26-,27+,28-/m0/s1. The van der Waals surface area contributed by atoms with Crippen molar-refractivity contribution >= 4 is 12.0 Å². The molecule has 3 rings (SSSR count). The Labute approximate surface area is 204 Å². The van der Waals surface area contributed by atoms with E-state index >= 15 is 0 Å². The van der Waals surface area contributed by atoms with Crippen LogP contribution in [0, 0.1) is 0 Å². The first-order valence-electron chi connectivity index (χ1n) is 12.5. The van der Waals surface area contributed by atoms with E-state index in [1.165, 1.54) is 6.42 Å². The quantitative estimate of drug-likeness (QED) is 0.185. The summed E-state index contributed by atoms with van der Waals surface area (Å²) >= 11 is 0. The van der Waals surface area contributed by atoms with Crippen molar-refractivity contribution in [3.8, 4) is 0 Å². The number of benzene rings is 2. The molecule has 184 valence electrons. The predicted molar refractivity (Wildman–Crippen MR) is 134 cm³/mol. The second-order valence-electron chi connectivity index (χ2n) is 8.76. The summed E-state index contributed by atoms with van der Waals surface area (Å²) in [5, 5.41) is 0. The lowest BCUT2D eigenvalue weighted by Gasteiger charge is -2.33. The molecule has 1 aliphatic rings. The molecule has 3 atom stereocenters. The number of ether oxygens (including phenoxy) is 4. The minimum absolute atomic E-state index is 0.0442. The highest BCUT2D eigenvalue weighted by Crippen LogP contribution is 2.26. The first-order chi connectivity index (χ1) is 16.7. The average molecular weight is 467 g/mol. The molecule has 0 bridgehead atoms. The maximum absolute atomic E-state index is 12.4. The number of carbonyl (C=O) groups excluding carboxylic acids is 1. The molecule has 5 heteroatoms. The molecule has 1 aliphatic heterocycles. The van der Waals surface area contributed by atoms with E-state index in [1.54, 1.807) is 0 Å². The molecular formula is C29H38O5. The maximum Gasteiger partial charge on any atom is 0.308 e. The van der Waals surface area contributed by atoms with Crippen LogP contribution in [0.3, 0.4) is 0 Å². The van der Waals surface area contributed by atoms with Crippen LogP contribution in [0.1, 0.15) is 63.0 Å². The fourth-order valence-corrected chi connectivity index (χ4v) is 4.02. The summed E-state index contributed by atoms with van der Waals surface area (Å²) in [6.07, 6.45) is 9.66. The van der Waals surface area contributed by atoms with E-state index < -0.39 is 0 Å². The normalized spacial score (nSPS) is 20.4. The summed E-state index contributed by atoms with van der Waals surface area (Å²) in [4.78, 5) is 12.4. The van der Waals surface area contributed by atoms with Crippen LogP contribution in [-0.4, -0.2) is 37.7 Å². The molecule has 1 heterocycles. The van der Waals surface area contributed by atoms with Gasteiger partial charge in [-0.25, -0.2) is 0 Å². The molecule has 34 heavy (non-hydrogen) atoms. The second kappa shape index (κ2) is 15.4. The Morgan fingerprint density at radius 1 is 1.00 bits per heavy atom. The number of hydrogen-bond acceptors (Lipinski definition) is 5. The van der Waals surface area contributed by atoms with Gasteiger partial charge in [0.05, 0.1) is 37.9 Å². The number of hydrogen-bond donors (Lipinski definition) is 0. The topological polar surface area (TPSA) is 54.0 Å². The van der Waals surface area contributed by atoms with E-state index in [0.29, 0.717) is 19.6 Å². The molecule has 0 amide bonds. The Balaban J connectivity index is 1.49. The van der Waals surface area contributed by atoms with Crippen LogP contribution in [0.5, 0.6) is 0 Å². The lowest BCUT2D eigenvalue weighted by Crippen LogP contribution is -2.38. The highest BCUT2D eigenvalue weighted by molar-refractivity contribution is 5.70. The van der Waals surface area contributed by atoms with Gasteiger partial charge in [-0.3, -0.25) is 4.79 Å². The highest BCUT2D eigenvalue weighted by atomic mass is 16.7. The largest absolute Gasteiger partial charge is 0.466 e. The molecule has 1 fully saturated rings. The summed E-state index contributed by atoms with van der Waals surface area (Å²) in [6.45, 7) is 3.37. The molecular weight excluding hydrogens is 428 g/mol. The van der Waals surface area contributed by atoms with Gasteiger partial charge in [0.25, 0.3) is 0 Å². The van der Waals surface area contributed by atoms with Gasteiger partial charge in [0.2, 0.25) is 0 Å². The first kappa shape index (κ1) is 26.1. The predicted octanol–water partition coefficient (Wildman–Crippen LogP) is 6.32. The third-order valence-electron chi connectivity index (χ3n) is 5.85. The second-order valence-corrected chi connectivity index (χ2v) is 8.76. The Kier molecular flexibility index (Phi) is 11.9. The van der Waals surface area contributed by atoms with Crippen LogP contribution in [0.2, 0.25) is 0 Å². The van der Waals surface area contributed by atoms with Gasteiger partial charge in [0.1, 0.15) is 6.79 Å². The van der Waals surface area contributed by atoms with Crippen LogP contribution >= 0.6 is 0 Å². The van der Waals surface area contributed by atoms with E-state index in [9.17, 15) is 4.79 Å². The van der Waals surface area contributed by atoms with Gasteiger partial charge >= 0.3 is 5.97 Å². The molecule has 0 radical (unpaired) electrons. The summed E-state index contributed by atoms with van der Waals surface area (Å²) in [5.41, 5.74) is 2.23. The number of unbranched alkanes of at least 4 members (excludes halogenated alkanes) is 3. The summed E-state index contributed by atoms with van der Waals surface area (Å²) in [7, 11) is 0. The zero-order valence-electron chi connectivity index (χ0n) is 20.3. The Morgan fingerprint density at radius 2 is 1.76 bits per heavy atom. The van der Waals surface area contributed by atoms with Gasteiger partial charge < -0.3 is 18.9 Å². The molecule has 0 aliphatic carbocycles. The summed E-state index contributed by atoms with van der Waals surface area (Å²) in [5.74, 6) is -0.201. The van der Waals surface area contributed by atoms with Gasteiger partial charge in [-0.05, 0) is 17.5 Å². The van der Waals surface area contributed by atoms with Crippen molar-refractivity contribution < 1.29 is 23.7 Å². The Bertz CT molecular complexity index is 836. The number of carbonyl (C=O) groups is 1. The van der Waals surface area contributed by atoms with Crippen molar-refractivity contribution in [3.63, 3.8) is 0 Å². The molecule has 0 spiro atoms. The van der Waals surface area contributed by atoms with Gasteiger partial charge in [0.15, 0.2) is 0 Å². The SMILES string of the molecule is CCCCCCOC(=O)C[C@@H]1C[C@H](OCOCc2ccccc2)C[C@H](/C=C/c2ccccc2)O1. The van der Waals surface area contributed by atoms with E-state index in [-0.39, 0.29) is 37.5 Å². The zero-order valence-corrected chi connectivity index (χ0v) is 20.3. The average Bonchev–Trinajstić information content (AvgIpc) is 2.86. The van der Waals surface area contributed by atoms with Gasteiger partial charge in [0, 0.05) is 12.8 Å². The fraction of sp³-hybridized carbons (Fsp3) is 0.483. The van der Waals surface area contributed by atoms with Gasteiger partial charge in [-0.15, -0.1) is 0 Å². The highest BCUT2D eigenvalue weighted by Gasteiger charge is 2.30. The lowest BCUT2D eigenvalue weighted by molar-refractivity contribution is -0.162. The van der Waals surface area contributed by atoms with Crippen molar-refractivity contribution in [2.24, 2.45) is 0 Å². The number of esters is 1. The smallest absolute Gasteiger partial charge is 0.308 e. The summed E-state index contributed by atoms with van der Waals surface area (Å²) < 4.78 is 23.4. The number of rotatable bonds is 14. The van der Waals surface area contributed by atoms with Crippen LogP contribution in [0.25, 0.3) is 6.08 Å².